The van der Waals surface area contributed by atoms with Crippen LogP contribution in [0.4, 0.5) is 5.82 Å². The highest BCUT2D eigenvalue weighted by molar-refractivity contribution is 5.89. The van der Waals surface area contributed by atoms with E-state index in [2.05, 4.69) is 33.7 Å². The molecule has 0 fully saturated rings. The minimum absolute atomic E-state index is 0.0973. The van der Waals surface area contributed by atoms with E-state index in [0.29, 0.717) is 11.5 Å². The van der Waals surface area contributed by atoms with Gasteiger partial charge < -0.3 is 5.32 Å². The highest BCUT2D eigenvalue weighted by Gasteiger charge is 2.24. The van der Waals surface area contributed by atoms with Gasteiger partial charge in [-0.15, -0.1) is 0 Å². The molecule has 7 nitrogen and oxygen atoms in total. The maximum Gasteiger partial charge on any atom is 0.267 e. The molecular weight excluding hydrogens is 342 g/mol. The van der Waals surface area contributed by atoms with Crippen LogP contribution in [0.15, 0.2) is 53.5 Å². The van der Waals surface area contributed by atoms with Gasteiger partial charge in [0.1, 0.15) is 12.4 Å². The lowest BCUT2D eigenvalue weighted by Gasteiger charge is -2.27. The van der Waals surface area contributed by atoms with Crippen LogP contribution >= 0.6 is 0 Å². The summed E-state index contributed by atoms with van der Waals surface area (Å²) in [6.07, 6.45) is 4.81. The van der Waals surface area contributed by atoms with E-state index < -0.39 is 0 Å². The number of hydrogen-bond donors (Lipinski definition) is 1. The molecule has 1 atom stereocenters. The van der Waals surface area contributed by atoms with Gasteiger partial charge in [-0.3, -0.25) is 9.59 Å². The predicted octanol–water partition coefficient (Wildman–Crippen LogP) is 2.31. The van der Waals surface area contributed by atoms with E-state index in [1.165, 1.54) is 21.9 Å². The molecule has 1 aliphatic carbocycles. The normalized spacial score (nSPS) is 16.0. The van der Waals surface area contributed by atoms with Crippen molar-refractivity contribution in [2.24, 2.45) is 0 Å². The van der Waals surface area contributed by atoms with E-state index >= 15 is 0 Å². The summed E-state index contributed by atoms with van der Waals surface area (Å²) in [4.78, 5) is 24.3. The number of anilines is 1. The molecule has 2 heterocycles. The second-order valence-corrected chi connectivity index (χ2v) is 6.79. The van der Waals surface area contributed by atoms with E-state index in [-0.39, 0.29) is 24.1 Å². The first kappa shape index (κ1) is 17.2. The Kier molecular flexibility index (Phi) is 4.58. The van der Waals surface area contributed by atoms with Crippen molar-refractivity contribution in [2.75, 3.05) is 5.32 Å². The van der Waals surface area contributed by atoms with Gasteiger partial charge in [0.15, 0.2) is 0 Å². The molecule has 0 bridgehead atoms. The van der Waals surface area contributed by atoms with Gasteiger partial charge in [-0.2, -0.15) is 10.2 Å². The molecule has 1 amide bonds. The number of hydrogen-bond acceptors (Lipinski definition) is 4. The van der Waals surface area contributed by atoms with Crippen LogP contribution in [0.5, 0.6) is 0 Å². The number of aryl methyl sites for hydroxylation is 2. The minimum Gasteiger partial charge on any atom is -0.309 e. The molecule has 7 heteroatoms. The SMILES string of the molecule is Cc1ccc(=O)n(CC(=O)Nc2ccnn2C2CCCc3ccccc32)n1. The van der Waals surface area contributed by atoms with Gasteiger partial charge >= 0.3 is 0 Å². The van der Waals surface area contributed by atoms with Gasteiger partial charge in [0, 0.05) is 12.1 Å². The topological polar surface area (TPSA) is 81.8 Å². The standard InChI is InChI=1S/C20H21N5O2/c1-14-9-10-20(27)24(23-14)13-19(26)22-18-11-12-21-25(18)17-8-4-6-15-5-2-3-7-16(15)17/h2-3,5,7,9-12,17H,4,6,8,13H2,1H3,(H,22,26). The number of carbonyl (C=O) groups excluding carboxylic acids is 1. The Balaban J connectivity index is 1.56. The average molecular weight is 363 g/mol. The highest BCUT2D eigenvalue weighted by atomic mass is 16.2. The summed E-state index contributed by atoms with van der Waals surface area (Å²) < 4.78 is 3.03. The Labute approximate surface area is 156 Å². The number of benzene rings is 1. The lowest BCUT2D eigenvalue weighted by Crippen LogP contribution is -2.30. The summed E-state index contributed by atoms with van der Waals surface area (Å²) in [5, 5.41) is 11.4. The molecule has 138 valence electrons. The van der Waals surface area contributed by atoms with E-state index in [1.54, 1.807) is 25.3 Å². The quantitative estimate of drug-likeness (QED) is 0.771. The van der Waals surface area contributed by atoms with E-state index in [4.69, 9.17) is 0 Å². The zero-order chi connectivity index (χ0) is 18.8. The number of nitrogens with zero attached hydrogens (tertiary/aromatic N) is 4. The lowest BCUT2D eigenvalue weighted by atomic mass is 9.88. The molecule has 1 N–H and O–H groups in total. The van der Waals surface area contributed by atoms with Gasteiger partial charge in [-0.1, -0.05) is 24.3 Å². The fraction of sp³-hybridized carbons (Fsp3) is 0.300. The molecule has 27 heavy (non-hydrogen) atoms. The Hall–Kier alpha value is -3.22. The van der Waals surface area contributed by atoms with Gasteiger partial charge in [0.2, 0.25) is 5.91 Å². The van der Waals surface area contributed by atoms with Crippen molar-refractivity contribution in [3.05, 3.63) is 75.8 Å². The van der Waals surface area contributed by atoms with Crippen LogP contribution in [0.3, 0.4) is 0 Å². The molecular formula is C20H21N5O2. The van der Waals surface area contributed by atoms with Crippen LogP contribution in [0, 0.1) is 6.92 Å². The summed E-state index contributed by atoms with van der Waals surface area (Å²) >= 11 is 0. The first-order valence-corrected chi connectivity index (χ1v) is 9.08. The number of nitrogens with one attached hydrogen (secondary N) is 1. The number of aromatic nitrogens is 4. The number of rotatable bonds is 4. The van der Waals surface area contributed by atoms with Gasteiger partial charge in [0.05, 0.1) is 17.9 Å². The van der Waals surface area contributed by atoms with Crippen molar-refractivity contribution in [1.82, 2.24) is 19.6 Å². The molecule has 1 aliphatic rings. The Bertz CT molecular complexity index is 1040. The third-order valence-corrected chi connectivity index (χ3v) is 4.86. The Morgan fingerprint density at radius 3 is 2.96 bits per heavy atom. The van der Waals surface area contributed by atoms with Crippen molar-refractivity contribution in [2.45, 2.75) is 38.8 Å². The first-order valence-electron chi connectivity index (χ1n) is 9.08. The van der Waals surface area contributed by atoms with Gasteiger partial charge in [0.25, 0.3) is 5.56 Å². The van der Waals surface area contributed by atoms with Crippen LogP contribution in [-0.4, -0.2) is 25.5 Å². The zero-order valence-electron chi connectivity index (χ0n) is 15.1. The highest BCUT2D eigenvalue weighted by Crippen LogP contribution is 2.34. The Morgan fingerprint density at radius 1 is 1.22 bits per heavy atom. The number of amides is 1. The molecule has 3 aromatic rings. The van der Waals surface area contributed by atoms with Crippen LogP contribution in [-0.2, 0) is 17.8 Å². The third kappa shape index (κ3) is 3.53. The summed E-state index contributed by atoms with van der Waals surface area (Å²) in [6.45, 7) is 1.65. The van der Waals surface area contributed by atoms with Gasteiger partial charge in [-0.25, -0.2) is 9.36 Å². The predicted molar refractivity (Wildman–Crippen MR) is 102 cm³/mol. The molecule has 0 radical (unpaired) electrons. The van der Waals surface area contributed by atoms with Crippen LogP contribution < -0.4 is 10.9 Å². The van der Waals surface area contributed by atoms with Crippen molar-refractivity contribution in [1.29, 1.82) is 0 Å². The number of carbonyl (C=O) groups is 1. The first-order chi connectivity index (χ1) is 13.1. The maximum atomic E-state index is 12.5. The molecule has 0 aliphatic heterocycles. The summed E-state index contributed by atoms with van der Waals surface area (Å²) in [5.41, 5.74) is 2.97. The number of fused-ring (bicyclic) bond motifs is 1. The van der Waals surface area contributed by atoms with E-state index in [0.717, 1.165) is 19.3 Å². The fourth-order valence-corrected chi connectivity index (χ4v) is 3.63. The zero-order valence-corrected chi connectivity index (χ0v) is 15.1. The molecule has 0 saturated carbocycles. The summed E-state index contributed by atoms with van der Waals surface area (Å²) in [6, 6.07) is 13.3. The van der Waals surface area contributed by atoms with Crippen LogP contribution in [0.1, 0.15) is 35.7 Å². The van der Waals surface area contributed by atoms with Crippen molar-refractivity contribution in [3.63, 3.8) is 0 Å². The molecule has 0 saturated heterocycles. The van der Waals surface area contributed by atoms with Crippen LogP contribution in [0.25, 0.3) is 0 Å². The smallest absolute Gasteiger partial charge is 0.267 e. The minimum atomic E-state index is -0.305. The molecule has 1 unspecified atom stereocenters. The van der Waals surface area contributed by atoms with E-state index in [9.17, 15) is 9.59 Å². The van der Waals surface area contributed by atoms with E-state index in [1.807, 2.05) is 10.7 Å². The maximum absolute atomic E-state index is 12.5. The van der Waals surface area contributed by atoms with Crippen molar-refractivity contribution < 1.29 is 4.79 Å². The second kappa shape index (κ2) is 7.19. The monoisotopic (exact) mass is 363 g/mol. The van der Waals surface area contributed by atoms with Crippen molar-refractivity contribution >= 4 is 11.7 Å². The van der Waals surface area contributed by atoms with Gasteiger partial charge in [-0.05, 0) is 43.4 Å². The molecule has 0 spiro atoms. The average Bonchev–Trinajstić information content (AvgIpc) is 3.12. The molecule has 4 rings (SSSR count). The summed E-state index contributed by atoms with van der Waals surface area (Å²) in [7, 11) is 0. The van der Waals surface area contributed by atoms with Crippen molar-refractivity contribution in [3.8, 4) is 0 Å². The van der Waals surface area contributed by atoms with Crippen LogP contribution in [0.2, 0.25) is 0 Å². The fourth-order valence-electron chi connectivity index (χ4n) is 3.63. The molecule has 1 aromatic carbocycles. The third-order valence-electron chi connectivity index (χ3n) is 4.86. The largest absolute Gasteiger partial charge is 0.309 e. The Morgan fingerprint density at radius 2 is 2.07 bits per heavy atom. The second-order valence-electron chi connectivity index (χ2n) is 6.79. The lowest BCUT2D eigenvalue weighted by molar-refractivity contribution is -0.117. The molecule has 2 aromatic heterocycles. The summed E-state index contributed by atoms with van der Waals surface area (Å²) in [5.74, 6) is 0.323.